The van der Waals surface area contributed by atoms with E-state index in [1.54, 1.807) is 17.6 Å². The molecule has 20 heavy (non-hydrogen) atoms. The molecule has 2 rings (SSSR count). The van der Waals surface area contributed by atoms with Crippen LogP contribution in [-0.2, 0) is 4.79 Å². The van der Waals surface area contributed by atoms with Crippen molar-refractivity contribution in [2.24, 2.45) is 0 Å². The summed E-state index contributed by atoms with van der Waals surface area (Å²) in [5, 5.41) is 19.7. The Bertz CT molecular complexity index is 507. The van der Waals surface area contributed by atoms with Crippen LogP contribution in [0.2, 0.25) is 0 Å². The number of nitrogens with one attached hydrogen (secondary N) is 3. The predicted molar refractivity (Wildman–Crippen MR) is 76.6 cm³/mol. The molecule has 0 unspecified atom stereocenters. The molecule has 1 heterocycles. The molecule has 0 radical (unpaired) electrons. The summed E-state index contributed by atoms with van der Waals surface area (Å²) in [7, 11) is 0. The SMILES string of the molecule is N=C(/C=C(\Nc1ccccc1)C(=O)NO)N1CCCC1. The topological polar surface area (TPSA) is 88.5 Å². The first-order chi connectivity index (χ1) is 9.70. The minimum Gasteiger partial charge on any atom is -0.357 e. The number of benzene rings is 1. The first kappa shape index (κ1) is 14.1. The van der Waals surface area contributed by atoms with Gasteiger partial charge >= 0.3 is 0 Å². The minimum absolute atomic E-state index is 0.135. The second-order valence-corrected chi connectivity index (χ2v) is 4.57. The van der Waals surface area contributed by atoms with Gasteiger partial charge in [-0.2, -0.15) is 0 Å². The van der Waals surface area contributed by atoms with Gasteiger partial charge in [-0.15, -0.1) is 0 Å². The fraction of sp³-hybridized carbons (Fsp3) is 0.286. The van der Waals surface area contributed by atoms with Crippen LogP contribution in [0.25, 0.3) is 0 Å². The number of hydrogen-bond acceptors (Lipinski definition) is 4. The van der Waals surface area contributed by atoms with Crippen LogP contribution in [0, 0.1) is 5.41 Å². The highest BCUT2D eigenvalue weighted by molar-refractivity contribution is 6.03. The first-order valence-corrected chi connectivity index (χ1v) is 6.52. The maximum atomic E-state index is 11.7. The van der Waals surface area contributed by atoms with Gasteiger partial charge in [0, 0.05) is 24.9 Å². The zero-order valence-electron chi connectivity index (χ0n) is 11.1. The number of amidine groups is 1. The lowest BCUT2D eigenvalue weighted by Crippen LogP contribution is -2.30. The molecule has 1 aliphatic rings. The van der Waals surface area contributed by atoms with Gasteiger partial charge < -0.3 is 10.2 Å². The number of carbonyl (C=O) groups excluding carboxylic acids is 1. The lowest BCUT2D eigenvalue weighted by molar-refractivity contribution is -0.125. The second kappa shape index (κ2) is 6.72. The van der Waals surface area contributed by atoms with Crippen LogP contribution in [0.15, 0.2) is 42.1 Å². The van der Waals surface area contributed by atoms with Crippen LogP contribution in [-0.4, -0.2) is 34.9 Å². The second-order valence-electron chi connectivity index (χ2n) is 4.57. The third-order valence-electron chi connectivity index (χ3n) is 3.13. The molecule has 106 valence electrons. The highest BCUT2D eigenvalue weighted by atomic mass is 16.5. The van der Waals surface area contributed by atoms with E-state index in [4.69, 9.17) is 10.6 Å². The van der Waals surface area contributed by atoms with Gasteiger partial charge in [0.2, 0.25) is 0 Å². The van der Waals surface area contributed by atoms with Crippen LogP contribution in [0.5, 0.6) is 0 Å². The molecular formula is C14H18N4O2. The minimum atomic E-state index is -0.669. The van der Waals surface area contributed by atoms with Gasteiger partial charge in [0.1, 0.15) is 11.5 Å². The smallest absolute Gasteiger partial charge is 0.291 e. The molecule has 1 aromatic carbocycles. The third-order valence-corrected chi connectivity index (χ3v) is 3.13. The van der Waals surface area contributed by atoms with Crippen LogP contribution in [0.4, 0.5) is 5.69 Å². The number of hydroxylamine groups is 1. The molecule has 1 fully saturated rings. The number of likely N-dealkylation sites (tertiary alicyclic amines) is 1. The molecule has 0 saturated carbocycles. The number of rotatable bonds is 4. The summed E-state index contributed by atoms with van der Waals surface area (Å²) in [4.78, 5) is 13.6. The number of hydrogen-bond donors (Lipinski definition) is 4. The van der Waals surface area contributed by atoms with Crippen molar-refractivity contribution in [2.45, 2.75) is 12.8 Å². The van der Waals surface area contributed by atoms with Crippen LogP contribution >= 0.6 is 0 Å². The van der Waals surface area contributed by atoms with E-state index in [-0.39, 0.29) is 11.5 Å². The molecule has 1 aliphatic heterocycles. The molecular weight excluding hydrogens is 256 g/mol. The van der Waals surface area contributed by atoms with Crippen molar-refractivity contribution in [3.8, 4) is 0 Å². The molecule has 1 saturated heterocycles. The average Bonchev–Trinajstić information content (AvgIpc) is 3.01. The Morgan fingerprint density at radius 2 is 1.90 bits per heavy atom. The normalized spacial score (nSPS) is 15.1. The molecule has 0 spiro atoms. The summed E-state index contributed by atoms with van der Waals surface area (Å²) in [6.45, 7) is 1.66. The average molecular weight is 274 g/mol. The van der Waals surface area contributed by atoms with Gasteiger partial charge in [-0.1, -0.05) is 18.2 Å². The summed E-state index contributed by atoms with van der Waals surface area (Å²) in [5.41, 5.74) is 2.45. The van der Waals surface area contributed by atoms with E-state index < -0.39 is 5.91 Å². The molecule has 0 aliphatic carbocycles. The molecule has 0 bridgehead atoms. The molecule has 1 amide bonds. The third kappa shape index (κ3) is 3.58. The van der Waals surface area contributed by atoms with E-state index in [1.165, 1.54) is 6.08 Å². The van der Waals surface area contributed by atoms with E-state index in [2.05, 4.69) is 5.32 Å². The van der Waals surface area contributed by atoms with Gasteiger partial charge in [0.25, 0.3) is 5.91 Å². The largest absolute Gasteiger partial charge is 0.357 e. The monoisotopic (exact) mass is 274 g/mol. The zero-order valence-corrected chi connectivity index (χ0v) is 11.1. The Hall–Kier alpha value is -2.34. The Labute approximate surface area is 117 Å². The molecule has 1 aromatic rings. The first-order valence-electron chi connectivity index (χ1n) is 6.52. The number of anilines is 1. The van der Waals surface area contributed by atoms with Crippen molar-refractivity contribution in [2.75, 3.05) is 18.4 Å². The van der Waals surface area contributed by atoms with E-state index in [0.717, 1.165) is 31.6 Å². The fourth-order valence-corrected chi connectivity index (χ4v) is 2.08. The number of amides is 1. The van der Waals surface area contributed by atoms with Crippen LogP contribution in [0.3, 0.4) is 0 Å². The maximum Gasteiger partial charge on any atom is 0.291 e. The maximum absolute atomic E-state index is 11.7. The van der Waals surface area contributed by atoms with Gasteiger partial charge in [0.05, 0.1) is 0 Å². The van der Waals surface area contributed by atoms with Crippen molar-refractivity contribution in [3.05, 3.63) is 42.1 Å². The summed E-state index contributed by atoms with van der Waals surface area (Å²) >= 11 is 0. The Kier molecular flexibility index (Phi) is 4.73. The number of carbonyl (C=O) groups is 1. The van der Waals surface area contributed by atoms with E-state index in [1.807, 2.05) is 23.1 Å². The standard InChI is InChI=1S/C14H18N4O2/c15-13(18-8-4-5-9-18)10-12(14(19)17-20)16-11-6-2-1-3-7-11/h1-3,6-7,10,15-16,20H,4-5,8-9H2,(H,17,19)/b12-10-,15-13?. The Balaban J connectivity index is 2.14. The molecule has 6 heteroatoms. The fourth-order valence-electron chi connectivity index (χ4n) is 2.08. The lowest BCUT2D eigenvalue weighted by Gasteiger charge is -2.17. The van der Waals surface area contributed by atoms with E-state index in [9.17, 15) is 4.79 Å². The molecule has 6 nitrogen and oxygen atoms in total. The molecule has 0 atom stereocenters. The van der Waals surface area contributed by atoms with Crippen molar-refractivity contribution >= 4 is 17.4 Å². The van der Waals surface area contributed by atoms with Crippen molar-refractivity contribution < 1.29 is 10.0 Å². The Morgan fingerprint density at radius 1 is 1.25 bits per heavy atom. The highest BCUT2D eigenvalue weighted by Gasteiger charge is 2.16. The van der Waals surface area contributed by atoms with Crippen molar-refractivity contribution in [3.63, 3.8) is 0 Å². The molecule has 0 aromatic heterocycles. The van der Waals surface area contributed by atoms with Gasteiger partial charge in [-0.3, -0.25) is 15.4 Å². The van der Waals surface area contributed by atoms with E-state index >= 15 is 0 Å². The van der Waals surface area contributed by atoms with Gasteiger partial charge in [0.15, 0.2) is 0 Å². The summed E-state index contributed by atoms with van der Waals surface area (Å²) in [5.74, 6) is -0.401. The van der Waals surface area contributed by atoms with Crippen molar-refractivity contribution in [1.29, 1.82) is 5.41 Å². The van der Waals surface area contributed by atoms with Crippen LogP contribution in [0.1, 0.15) is 12.8 Å². The quantitative estimate of drug-likeness (QED) is 0.220. The highest BCUT2D eigenvalue weighted by Crippen LogP contribution is 2.12. The van der Waals surface area contributed by atoms with Crippen molar-refractivity contribution in [1.82, 2.24) is 10.4 Å². The van der Waals surface area contributed by atoms with Crippen LogP contribution < -0.4 is 10.8 Å². The predicted octanol–water partition coefficient (Wildman–Crippen LogP) is 1.56. The van der Waals surface area contributed by atoms with Gasteiger partial charge in [-0.05, 0) is 25.0 Å². The summed E-state index contributed by atoms with van der Waals surface area (Å²) in [6, 6.07) is 9.15. The Morgan fingerprint density at radius 3 is 2.50 bits per heavy atom. The van der Waals surface area contributed by atoms with E-state index in [0.29, 0.717) is 0 Å². The summed E-state index contributed by atoms with van der Waals surface area (Å²) in [6.07, 6.45) is 3.55. The molecule has 4 N–H and O–H groups in total. The lowest BCUT2D eigenvalue weighted by atomic mass is 10.2. The van der Waals surface area contributed by atoms with Gasteiger partial charge in [-0.25, -0.2) is 5.48 Å². The number of para-hydroxylation sites is 1. The summed E-state index contributed by atoms with van der Waals surface area (Å²) < 4.78 is 0. The number of nitrogens with zero attached hydrogens (tertiary/aromatic N) is 1. The zero-order chi connectivity index (χ0) is 14.4.